The van der Waals surface area contributed by atoms with Crippen molar-refractivity contribution in [2.45, 2.75) is 0 Å². The fourth-order valence-corrected chi connectivity index (χ4v) is 3.07. The van der Waals surface area contributed by atoms with Crippen LogP contribution < -0.4 is 15.5 Å². The Kier molecular flexibility index (Phi) is 5.96. The minimum Gasteiger partial charge on any atom is -0.378 e. The first kappa shape index (κ1) is 20.2. The number of benzene rings is 1. The molecule has 2 N–H and O–H groups in total. The molecule has 1 aliphatic heterocycles. The number of nitrogens with zero attached hydrogens (tertiary/aromatic N) is 5. The number of rotatable bonds is 5. The molecule has 0 saturated carbocycles. The first-order chi connectivity index (χ1) is 15.1. The van der Waals surface area contributed by atoms with Gasteiger partial charge in [0.15, 0.2) is 0 Å². The van der Waals surface area contributed by atoms with Gasteiger partial charge in [0.2, 0.25) is 11.9 Å². The van der Waals surface area contributed by atoms with Gasteiger partial charge in [-0.3, -0.25) is 4.79 Å². The standard InChI is InChI=1S/C21H18FN7O2/c22-19-11-18(29-7-9-31-10-8-29)17(13-25-19)27-20(30)16-5-6-24-21(28-16)26-15-3-1-14(12-23)2-4-15/h1-6,11,13H,7-10H2,(H,27,30)(H,24,26,28). The molecule has 1 aliphatic rings. The van der Waals surface area contributed by atoms with Gasteiger partial charge >= 0.3 is 0 Å². The number of halogens is 1. The SMILES string of the molecule is N#Cc1ccc(Nc2nccc(C(=O)Nc3cnc(F)cc3N3CCOCC3)n2)cc1. The lowest BCUT2D eigenvalue weighted by Crippen LogP contribution is -2.37. The highest BCUT2D eigenvalue weighted by molar-refractivity contribution is 6.04. The van der Waals surface area contributed by atoms with Crippen molar-refractivity contribution in [3.05, 3.63) is 66.0 Å². The first-order valence-electron chi connectivity index (χ1n) is 9.52. The summed E-state index contributed by atoms with van der Waals surface area (Å²) >= 11 is 0. The molecule has 9 nitrogen and oxygen atoms in total. The highest BCUT2D eigenvalue weighted by atomic mass is 19.1. The number of hydrogen-bond acceptors (Lipinski definition) is 8. The van der Waals surface area contributed by atoms with Gasteiger partial charge < -0.3 is 20.3 Å². The minimum absolute atomic E-state index is 0.128. The van der Waals surface area contributed by atoms with Gasteiger partial charge in [0.05, 0.1) is 42.4 Å². The number of nitriles is 1. The van der Waals surface area contributed by atoms with Crippen molar-refractivity contribution in [2.75, 3.05) is 41.8 Å². The maximum absolute atomic E-state index is 13.7. The minimum atomic E-state index is -0.629. The second kappa shape index (κ2) is 9.15. The van der Waals surface area contributed by atoms with Gasteiger partial charge in [-0.05, 0) is 30.3 Å². The third kappa shape index (κ3) is 4.91. The molecule has 3 heterocycles. The molecule has 0 spiro atoms. The summed E-state index contributed by atoms with van der Waals surface area (Å²) in [7, 11) is 0. The van der Waals surface area contributed by atoms with Crippen LogP contribution in [-0.2, 0) is 4.74 Å². The van der Waals surface area contributed by atoms with Crippen molar-refractivity contribution in [1.82, 2.24) is 15.0 Å². The van der Waals surface area contributed by atoms with E-state index in [-0.39, 0.29) is 11.6 Å². The van der Waals surface area contributed by atoms with Gasteiger partial charge in [0.25, 0.3) is 5.91 Å². The Hall–Kier alpha value is -4.10. The molecular formula is C21H18FN7O2. The van der Waals surface area contributed by atoms with E-state index in [1.165, 1.54) is 24.5 Å². The lowest BCUT2D eigenvalue weighted by atomic mass is 10.2. The molecule has 0 atom stereocenters. The largest absolute Gasteiger partial charge is 0.378 e. The monoisotopic (exact) mass is 419 g/mol. The van der Waals surface area contributed by atoms with E-state index < -0.39 is 11.9 Å². The van der Waals surface area contributed by atoms with Gasteiger partial charge in [-0.1, -0.05) is 0 Å². The number of pyridine rings is 1. The molecule has 4 rings (SSSR count). The molecule has 31 heavy (non-hydrogen) atoms. The summed E-state index contributed by atoms with van der Waals surface area (Å²) in [5.74, 6) is -0.883. The normalized spacial score (nSPS) is 13.4. The summed E-state index contributed by atoms with van der Waals surface area (Å²) in [6, 6.07) is 11.6. The molecule has 156 valence electrons. The topological polar surface area (TPSA) is 116 Å². The van der Waals surface area contributed by atoms with Crippen LogP contribution in [0.5, 0.6) is 0 Å². The van der Waals surface area contributed by atoms with E-state index in [2.05, 4.69) is 25.6 Å². The van der Waals surface area contributed by atoms with Crippen LogP contribution in [0.15, 0.2) is 48.8 Å². The number of anilines is 4. The van der Waals surface area contributed by atoms with E-state index in [1.54, 1.807) is 24.3 Å². The lowest BCUT2D eigenvalue weighted by Gasteiger charge is -2.30. The number of aromatic nitrogens is 3. The number of hydrogen-bond donors (Lipinski definition) is 2. The van der Waals surface area contributed by atoms with Crippen LogP contribution in [0.3, 0.4) is 0 Å². The second-order valence-corrected chi connectivity index (χ2v) is 6.66. The van der Waals surface area contributed by atoms with Gasteiger partial charge in [-0.25, -0.2) is 15.0 Å². The van der Waals surface area contributed by atoms with Crippen molar-refractivity contribution >= 4 is 28.9 Å². The predicted molar refractivity (Wildman–Crippen MR) is 112 cm³/mol. The molecule has 1 aromatic carbocycles. The average Bonchev–Trinajstić information content (AvgIpc) is 2.81. The van der Waals surface area contributed by atoms with E-state index in [1.807, 2.05) is 11.0 Å². The number of morpholine rings is 1. The highest BCUT2D eigenvalue weighted by Crippen LogP contribution is 2.27. The average molecular weight is 419 g/mol. The van der Waals surface area contributed by atoms with Crippen LogP contribution >= 0.6 is 0 Å². The summed E-state index contributed by atoms with van der Waals surface area (Å²) in [6.45, 7) is 2.21. The molecule has 0 aliphatic carbocycles. The second-order valence-electron chi connectivity index (χ2n) is 6.66. The molecule has 3 aromatic rings. The van der Waals surface area contributed by atoms with Crippen LogP contribution in [0.2, 0.25) is 0 Å². The highest BCUT2D eigenvalue weighted by Gasteiger charge is 2.19. The Labute approximate surface area is 177 Å². The molecular weight excluding hydrogens is 401 g/mol. The summed E-state index contributed by atoms with van der Waals surface area (Å²) in [5.41, 5.74) is 2.25. The van der Waals surface area contributed by atoms with Crippen molar-refractivity contribution in [3.8, 4) is 6.07 Å². The van der Waals surface area contributed by atoms with Gasteiger partial charge in [-0.15, -0.1) is 0 Å². The smallest absolute Gasteiger partial charge is 0.274 e. The van der Waals surface area contributed by atoms with Gasteiger partial charge in [-0.2, -0.15) is 9.65 Å². The maximum Gasteiger partial charge on any atom is 0.274 e. The maximum atomic E-state index is 13.7. The number of carbonyl (C=O) groups is 1. The Morgan fingerprint density at radius 3 is 2.68 bits per heavy atom. The van der Waals surface area contributed by atoms with Crippen LogP contribution in [-0.4, -0.2) is 47.2 Å². The molecule has 0 unspecified atom stereocenters. The van der Waals surface area contributed by atoms with Crippen molar-refractivity contribution < 1.29 is 13.9 Å². The van der Waals surface area contributed by atoms with E-state index in [0.29, 0.717) is 48.9 Å². The van der Waals surface area contributed by atoms with Crippen LogP contribution in [0, 0.1) is 17.3 Å². The van der Waals surface area contributed by atoms with Gasteiger partial charge in [0, 0.05) is 31.0 Å². The van der Waals surface area contributed by atoms with Crippen molar-refractivity contribution in [1.29, 1.82) is 5.26 Å². The summed E-state index contributed by atoms with van der Waals surface area (Å²) in [5, 5.41) is 14.6. The summed E-state index contributed by atoms with van der Waals surface area (Å²) < 4.78 is 19.1. The fourth-order valence-electron chi connectivity index (χ4n) is 3.07. The molecule has 10 heteroatoms. The quantitative estimate of drug-likeness (QED) is 0.607. The van der Waals surface area contributed by atoms with E-state index in [9.17, 15) is 9.18 Å². The predicted octanol–water partition coefficient (Wildman–Crippen LogP) is 2.71. The van der Waals surface area contributed by atoms with Crippen LogP contribution in [0.4, 0.5) is 27.4 Å². The molecule has 2 aromatic heterocycles. The summed E-state index contributed by atoms with van der Waals surface area (Å²) in [4.78, 5) is 26.7. The lowest BCUT2D eigenvalue weighted by molar-refractivity contribution is 0.102. The Bertz CT molecular complexity index is 1130. The van der Waals surface area contributed by atoms with Crippen molar-refractivity contribution in [2.24, 2.45) is 0 Å². The van der Waals surface area contributed by atoms with Crippen LogP contribution in [0.25, 0.3) is 0 Å². The number of ether oxygens (including phenoxy) is 1. The third-order valence-electron chi connectivity index (χ3n) is 4.61. The Balaban J connectivity index is 1.51. The number of nitrogens with one attached hydrogen (secondary N) is 2. The zero-order valence-corrected chi connectivity index (χ0v) is 16.4. The number of carbonyl (C=O) groups excluding carboxylic acids is 1. The van der Waals surface area contributed by atoms with E-state index in [0.717, 1.165) is 0 Å². The van der Waals surface area contributed by atoms with E-state index >= 15 is 0 Å². The zero-order chi connectivity index (χ0) is 21.6. The molecule has 1 fully saturated rings. The Morgan fingerprint density at radius 1 is 1.16 bits per heavy atom. The van der Waals surface area contributed by atoms with Gasteiger partial charge in [0.1, 0.15) is 5.69 Å². The zero-order valence-electron chi connectivity index (χ0n) is 16.4. The first-order valence-corrected chi connectivity index (χ1v) is 9.52. The molecule has 1 saturated heterocycles. The van der Waals surface area contributed by atoms with E-state index in [4.69, 9.17) is 10.00 Å². The fraction of sp³-hybridized carbons (Fsp3) is 0.190. The Morgan fingerprint density at radius 2 is 1.94 bits per heavy atom. The molecule has 0 bridgehead atoms. The van der Waals surface area contributed by atoms with Crippen LogP contribution in [0.1, 0.15) is 16.1 Å². The summed E-state index contributed by atoms with van der Waals surface area (Å²) in [6.07, 6.45) is 2.74. The third-order valence-corrected chi connectivity index (χ3v) is 4.61. The van der Waals surface area contributed by atoms with Crippen molar-refractivity contribution in [3.63, 3.8) is 0 Å². The number of amides is 1. The molecule has 0 radical (unpaired) electrons. The molecule has 1 amide bonds.